The van der Waals surface area contributed by atoms with Crippen molar-refractivity contribution in [2.75, 3.05) is 31.7 Å². The molecule has 0 N–H and O–H groups in total. The van der Waals surface area contributed by atoms with Crippen LogP contribution in [0.4, 0.5) is 5.69 Å². The summed E-state index contributed by atoms with van der Waals surface area (Å²) < 4.78 is 13.5. The second kappa shape index (κ2) is 6.96. The van der Waals surface area contributed by atoms with Crippen molar-refractivity contribution in [2.24, 2.45) is 0 Å². The quantitative estimate of drug-likeness (QED) is 0.723. The maximum atomic E-state index is 6.00. The minimum absolute atomic E-state index is 0.108. The zero-order chi connectivity index (χ0) is 18.1. The van der Waals surface area contributed by atoms with E-state index in [9.17, 15) is 0 Å². The van der Waals surface area contributed by atoms with Crippen LogP contribution in [0.1, 0.15) is 11.1 Å². The van der Waals surface area contributed by atoms with E-state index in [-0.39, 0.29) is 6.10 Å². The number of morpholine rings is 1. The van der Waals surface area contributed by atoms with Gasteiger partial charge in [0.05, 0.1) is 38.2 Å². The summed E-state index contributed by atoms with van der Waals surface area (Å²) in [5.41, 5.74) is 4.46. The number of para-hydroxylation sites is 1. The lowest BCUT2D eigenvalue weighted by Gasteiger charge is -2.36. The van der Waals surface area contributed by atoms with Gasteiger partial charge >= 0.3 is 0 Å². The Balaban J connectivity index is 1.65. The smallest absolute Gasteiger partial charge is 0.145 e. The van der Waals surface area contributed by atoms with Crippen molar-refractivity contribution < 1.29 is 9.47 Å². The highest BCUT2D eigenvalue weighted by atomic mass is 16.5. The maximum Gasteiger partial charge on any atom is 0.145 e. The van der Waals surface area contributed by atoms with Gasteiger partial charge in [-0.2, -0.15) is 5.10 Å². The number of methoxy groups -OCH3 is 1. The average Bonchev–Trinajstić information content (AvgIpc) is 3.05. The van der Waals surface area contributed by atoms with Gasteiger partial charge in [-0.25, -0.2) is 0 Å². The van der Waals surface area contributed by atoms with Crippen LogP contribution in [-0.2, 0) is 11.3 Å². The average molecular weight is 352 g/mol. The van der Waals surface area contributed by atoms with E-state index in [0.29, 0.717) is 6.61 Å². The third kappa shape index (κ3) is 3.12. The van der Waals surface area contributed by atoms with Crippen LogP contribution < -0.4 is 9.64 Å². The van der Waals surface area contributed by atoms with Crippen molar-refractivity contribution in [3.63, 3.8) is 0 Å². The molecule has 6 nitrogen and oxygen atoms in total. The number of nitrogens with zero attached hydrogens (tertiary/aromatic N) is 4. The van der Waals surface area contributed by atoms with Gasteiger partial charge in [-0.1, -0.05) is 12.1 Å². The van der Waals surface area contributed by atoms with Gasteiger partial charge in [0.2, 0.25) is 0 Å². The number of hydrogen-bond acceptors (Lipinski definition) is 5. The van der Waals surface area contributed by atoms with E-state index in [1.807, 2.05) is 29.2 Å². The summed E-state index contributed by atoms with van der Waals surface area (Å²) in [5, 5.41) is 5.51. The molecule has 0 bridgehead atoms. The molecule has 3 heterocycles. The molecule has 6 heteroatoms. The number of aromatic nitrogens is 3. The van der Waals surface area contributed by atoms with E-state index >= 15 is 0 Å². The lowest BCUT2D eigenvalue weighted by molar-refractivity contribution is 0.0275. The summed E-state index contributed by atoms with van der Waals surface area (Å²) in [6.45, 7) is 7.33. The molecule has 1 atom stereocenters. The Bertz CT molecular complexity index is 921. The Morgan fingerprint density at radius 1 is 1.27 bits per heavy atom. The molecule has 1 aliphatic heterocycles. The normalized spacial score (nSPS) is 17.7. The summed E-state index contributed by atoms with van der Waals surface area (Å²) in [6, 6.07) is 6.10. The van der Waals surface area contributed by atoms with Gasteiger partial charge in [-0.15, -0.1) is 0 Å². The minimum Gasteiger partial charge on any atom is -0.494 e. The zero-order valence-corrected chi connectivity index (χ0v) is 15.5. The Morgan fingerprint density at radius 3 is 2.92 bits per heavy atom. The first-order valence-corrected chi connectivity index (χ1v) is 8.93. The molecule has 1 fully saturated rings. The number of anilines is 1. The monoisotopic (exact) mass is 352 g/mol. The Labute approximate surface area is 153 Å². The van der Waals surface area contributed by atoms with Crippen molar-refractivity contribution in [3.05, 3.63) is 47.9 Å². The number of pyridine rings is 1. The number of aryl methyl sites for hydroxylation is 2. The molecule has 26 heavy (non-hydrogen) atoms. The molecule has 0 spiro atoms. The number of ether oxygens (including phenoxy) is 2. The summed E-state index contributed by atoms with van der Waals surface area (Å²) in [6.07, 6.45) is 5.98. The molecule has 4 rings (SSSR count). The third-order valence-electron chi connectivity index (χ3n) is 4.84. The lowest BCUT2D eigenvalue weighted by Crippen LogP contribution is -2.44. The molecule has 1 saturated heterocycles. The van der Waals surface area contributed by atoms with Gasteiger partial charge in [0.1, 0.15) is 11.3 Å². The fourth-order valence-corrected chi connectivity index (χ4v) is 3.67. The highest BCUT2D eigenvalue weighted by Crippen LogP contribution is 2.34. The van der Waals surface area contributed by atoms with Crippen LogP contribution in [0, 0.1) is 13.8 Å². The first kappa shape index (κ1) is 16.8. The van der Waals surface area contributed by atoms with E-state index in [4.69, 9.17) is 9.47 Å². The van der Waals surface area contributed by atoms with Crippen molar-refractivity contribution >= 4 is 16.6 Å². The predicted octanol–water partition coefficient (Wildman–Crippen LogP) is 2.96. The van der Waals surface area contributed by atoms with Crippen LogP contribution in [-0.4, -0.2) is 47.7 Å². The second-order valence-electron chi connectivity index (χ2n) is 6.82. The minimum atomic E-state index is 0.108. The molecule has 2 aromatic heterocycles. The van der Waals surface area contributed by atoms with Crippen LogP contribution in [0.2, 0.25) is 0 Å². The number of rotatable bonds is 4. The van der Waals surface area contributed by atoms with Gasteiger partial charge < -0.3 is 14.4 Å². The SMILES string of the molecule is COc1cccc2c(N3CCOC(Cn4cc(C)cn4)C3)c(C)cnc12. The van der Waals surface area contributed by atoms with E-state index in [1.54, 1.807) is 7.11 Å². The standard InChI is InChI=1S/C20H24N4O2/c1-14-9-22-24(11-14)13-16-12-23(7-8-26-16)20-15(2)10-21-19-17(20)5-4-6-18(19)25-3/h4-6,9-11,16H,7-8,12-13H2,1-3H3. The Kier molecular flexibility index (Phi) is 4.51. The van der Waals surface area contributed by atoms with Gasteiger partial charge in [-0.05, 0) is 31.0 Å². The highest BCUT2D eigenvalue weighted by molar-refractivity contribution is 5.96. The summed E-state index contributed by atoms with van der Waals surface area (Å²) in [7, 11) is 1.69. The largest absolute Gasteiger partial charge is 0.494 e. The molecule has 1 aromatic carbocycles. The third-order valence-corrected chi connectivity index (χ3v) is 4.84. The number of hydrogen-bond donors (Lipinski definition) is 0. The fourth-order valence-electron chi connectivity index (χ4n) is 3.67. The van der Waals surface area contributed by atoms with Crippen LogP contribution >= 0.6 is 0 Å². The van der Waals surface area contributed by atoms with Crippen molar-refractivity contribution in [2.45, 2.75) is 26.5 Å². The van der Waals surface area contributed by atoms with Gasteiger partial charge in [-0.3, -0.25) is 9.67 Å². The second-order valence-corrected chi connectivity index (χ2v) is 6.82. The van der Waals surface area contributed by atoms with E-state index in [2.05, 4.69) is 41.1 Å². The predicted molar refractivity (Wildman–Crippen MR) is 102 cm³/mol. The Morgan fingerprint density at radius 2 is 2.15 bits per heavy atom. The lowest BCUT2D eigenvalue weighted by atomic mass is 10.1. The maximum absolute atomic E-state index is 6.00. The molecule has 0 saturated carbocycles. The first-order chi connectivity index (χ1) is 12.7. The number of fused-ring (bicyclic) bond motifs is 1. The first-order valence-electron chi connectivity index (χ1n) is 8.93. The van der Waals surface area contributed by atoms with Crippen LogP contribution in [0.3, 0.4) is 0 Å². The molecule has 3 aromatic rings. The molecular weight excluding hydrogens is 328 g/mol. The van der Waals surface area contributed by atoms with Crippen molar-refractivity contribution in [1.29, 1.82) is 0 Å². The molecule has 0 aliphatic carbocycles. The van der Waals surface area contributed by atoms with Crippen LogP contribution in [0.25, 0.3) is 10.9 Å². The summed E-state index contributed by atoms with van der Waals surface area (Å²) in [4.78, 5) is 7.01. The van der Waals surface area contributed by atoms with Crippen LogP contribution in [0.5, 0.6) is 5.75 Å². The molecular formula is C20H24N4O2. The van der Waals surface area contributed by atoms with Gasteiger partial charge in [0.15, 0.2) is 0 Å². The van der Waals surface area contributed by atoms with Gasteiger partial charge in [0.25, 0.3) is 0 Å². The number of benzene rings is 1. The molecule has 1 unspecified atom stereocenters. The molecule has 1 aliphatic rings. The topological polar surface area (TPSA) is 52.4 Å². The van der Waals surface area contributed by atoms with Crippen molar-refractivity contribution in [1.82, 2.24) is 14.8 Å². The van der Waals surface area contributed by atoms with Gasteiger partial charge in [0, 0.05) is 30.9 Å². The van der Waals surface area contributed by atoms with E-state index in [0.717, 1.165) is 36.3 Å². The summed E-state index contributed by atoms with van der Waals surface area (Å²) >= 11 is 0. The molecule has 136 valence electrons. The Hall–Kier alpha value is -2.60. The van der Waals surface area contributed by atoms with Crippen molar-refractivity contribution in [3.8, 4) is 5.75 Å². The fraction of sp³-hybridized carbons (Fsp3) is 0.400. The highest BCUT2D eigenvalue weighted by Gasteiger charge is 2.24. The van der Waals surface area contributed by atoms with E-state index < -0.39 is 0 Å². The van der Waals surface area contributed by atoms with E-state index in [1.165, 1.54) is 16.8 Å². The molecule has 0 amide bonds. The summed E-state index contributed by atoms with van der Waals surface area (Å²) in [5.74, 6) is 0.806. The zero-order valence-electron chi connectivity index (χ0n) is 15.5. The van der Waals surface area contributed by atoms with Crippen LogP contribution in [0.15, 0.2) is 36.8 Å². The molecule has 0 radical (unpaired) electrons.